The van der Waals surface area contributed by atoms with E-state index in [-0.39, 0.29) is 23.3 Å². The predicted molar refractivity (Wildman–Crippen MR) is 172 cm³/mol. The number of thioether (sulfide) groups is 2. The summed E-state index contributed by atoms with van der Waals surface area (Å²) in [5, 5.41) is 9.09. The highest BCUT2D eigenvalue weighted by molar-refractivity contribution is 8.02. The number of nitrogens with zero attached hydrogens (tertiary/aromatic N) is 2. The Bertz CT molecular complexity index is 1770. The number of amides is 2. The predicted octanol–water partition coefficient (Wildman–Crippen LogP) is 8.83. The van der Waals surface area contributed by atoms with Crippen LogP contribution in [0.5, 0.6) is 0 Å². The highest BCUT2D eigenvalue weighted by atomic mass is 35.5. The third kappa shape index (κ3) is 6.54. The largest absolute Gasteiger partial charge is 0.325 e. The van der Waals surface area contributed by atoms with Crippen LogP contribution in [0.3, 0.4) is 0 Å². The van der Waals surface area contributed by atoms with Gasteiger partial charge >= 0.3 is 0 Å². The summed E-state index contributed by atoms with van der Waals surface area (Å²) in [5.74, 6) is 0.225. The van der Waals surface area contributed by atoms with Crippen LogP contribution in [0.25, 0.3) is 31.2 Å². The van der Waals surface area contributed by atoms with Crippen LogP contribution in [0, 0.1) is 0 Å². The number of hydrogen-bond acceptors (Lipinski definition) is 8. The van der Waals surface area contributed by atoms with Gasteiger partial charge in [-0.2, -0.15) is 0 Å². The minimum atomic E-state index is -0.125. The fourth-order valence-corrected chi connectivity index (χ4v) is 7.96. The average Bonchev–Trinajstić information content (AvgIpc) is 3.53. The lowest BCUT2D eigenvalue weighted by molar-refractivity contribution is -0.114. The molecule has 6 aromatic rings. The van der Waals surface area contributed by atoms with Gasteiger partial charge in [0.05, 0.1) is 31.9 Å². The first-order chi connectivity index (χ1) is 19.4. The van der Waals surface area contributed by atoms with Crippen molar-refractivity contribution < 1.29 is 9.59 Å². The van der Waals surface area contributed by atoms with Gasteiger partial charge in [-0.05, 0) is 71.4 Å². The fraction of sp³-hybridized carbons (Fsp3) is 0.0714. The zero-order valence-corrected chi connectivity index (χ0v) is 25.2. The second kappa shape index (κ2) is 11.9. The molecule has 4 aromatic carbocycles. The maximum atomic E-state index is 12.6. The molecular weight excluding hydrogens is 624 g/mol. The summed E-state index contributed by atoms with van der Waals surface area (Å²) in [7, 11) is 0. The van der Waals surface area contributed by atoms with Crippen LogP contribution in [0.15, 0.2) is 81.5 Å². The van der Waals surface area contributed by atoms with Gasteiger partial charge in [0.25, 0.3) is 0 Å². The molecule has 0 fully saturated rings. The van der Waals surface area contributed by atoms with E-state index in [1.165, 1.54) is 46.2 Å². The zero-order valence-electron chi connectivity index (χ0n) is 20.4. The molecule has 0 aliphatic rings. The van der Waals surface area contributed by atoms with Crippen molar-refractivity contribution in [3.05, 3.63) is 82.8 Å². The van der Waals surface area contributed by atoms with Gasteiger partial charge in [0.2, 0.25) is 11.8 Å². The number of nitrogens with one attached hydrogen (secondary N) is 2. The van der Waals surface area contributed by atoms with Gasteiger partial charge < -0.3 is 10.6 Å². The van der Waals surface area contributed by atoms with Crippen LogP contribution in [0.1, 0.15) is 0 Å². The quantitative estimate of drug-likeness (QED) is 0.162. The van der Waals surface area contributed by atoms with Crippen molar-refractivity contribution in [2.24, 2.45) is 0 Å². The van der Waals surface area contributed by atoms with E-state index in [1.807, 2.05) is 72.8 Å². The molecule has 2 aromatic heterocycles. The second-order valence-electron chi connectivity index (χ2n) is 8.63. The minimum Gasteiger partial charge on any atom is -0.325 e. The van der Waals surface area contributed by atoms with Crippen LogP contribution in [0.4, 0.5) is 11.4 Å². The molecular formula is C28H18Cl2N4O2S4. The number of aromatic nitrogens is 2. The summed E-state index contributed by atoms with van der Waals surface area (Å²) in [6, 6.07) is 22.6. The van der Waals surface area contributed by atoms with E-state index in [9.17, 15) is 9.59 Å². The first-order valence-corrected chi connectivity index (χ1v) is 16.3. The Morgan fingerprint density at radius 3 is 1.60 bits per heavy atom. The van der Waals surface area contributed by atoms with Crippen molar-refractivity contribution in [2.75, 3.05) is 22.1 Å². The number of hydrogen-bond donors (Lipinski definition) is 2. The third-order valence-electron chi connectivity index (χ3n) is 5.72. The highest BCUT2D eigenvalue weighted by Gasteiger charge is 2.11. The molecule has 0 saturated heterocycles. The van der Waals surface area contributed by atoms with Crippen LogP contribution >= 0.6 is 69.4 Å². The van der Waals surface area contributed by atoms with E-state index in [0.717, 1.165) is 39.9 Å². The molecule has 0 unspecified atom stereocenters. The lowest BCUT2D eigenvalue weighted by Crippen LogP contribution is -2.14. The third-order valence-corrected chi connectivity index (χ3v) is 10.6. The summed E-state index contributed by atoms with van der Waals surface area (Å²) in [6.45, 7) is 0. The SMILES string of the molecule is O=C(CSc1nc2cc(Cl)ccc2s1)Nc1ccc2ccc(NC(=O)CSc3nc4cc(Cl)ccc4s3)cc2c1. The molecule has 0 bridgehead atoms. The number of thiazole rings is 2. The number of anilines is 2. The van der Waals surface area contributed by atoms with E-state index >= 15 is 0 Å². The van der Waals surface area contributed by atoms with Crippen LogP contribution in [-0.4, -0.2) is 33.3 Å². The highest BCUT2D eigenvalue weighted by Crippen LogP contribution is 2.32. The van der Waals surface area contributed by atoms with Crippen molar-refractivity contribution in [3.8, 4) is 0 Å². The van der Waals surface area contributed by atoms with E-state index in [2.05, 4.69) is 20.6 Å². The number of fused-ring (bicyclic) bond motifs is 3. The molecule has 0 aliphatic carbocycles. The molecule has 0 atom stereocenters. The molecule has 0 spiro atoms. The van der Waals surface area contributed by atoms with Crippen molar-refractivity contribution in [1.29, 1.82) is 0 Å². The lowest BCUT2D eigenvalue weighted by atomic mass is 10.1. The number of halogens is 2. The molecule has 0 saturated carbocycles. The second-order valence-corrected chi connectivity index (χ2v) is 14.0. The standard InChI is InChI=1S/C28H18Cl2N4O2S4/c29-17-3-7-23-21(11-17)33-27(39-23)37-13-25(35)31-19-5-1-15-2-6-20(10-16(15)9-19)32-26(36)14-38-28-34-22-12-18(30)4-8-24(22)40-28/h1-12H,13-14H2,(H,31,35)(H,32,36). The van der Waals surface area contributed by atoms with Crippen molar-refractivity contribution in [2.45, 2.75) is 8.68 Å². The Balaban J connectivity index is 1.05. The summed E-state index contributed by atoms with van der Waals surface area (Å²) in [5.41, 5.74) is 3.03. The van der Waals surface area contributed by atoms with Crippen LogP contribution in [0.2, 0.25) is 10.0 Å². The molecule has 6 nitrogen and oxygen atoms in total. The number of carbonyl (C=O) groups excluding carboxylic acids is 2. The smallest absolute Gasteiger partial charge is 0.234 e. The maximum Gasteiger partial charge on any atom is 0.234 e. The Kier molecular flexibility index (Phi) is 8.15. The normalized spacial score (nSPS) is 11.3. The van der Waals surface area contributed by atoms with E-state index in [4.69, 9.17) is 23.2 Å². The van der Waals surface area contributed by atoms with Crippen LogP contribution < -0.4 is 10.6 Å². The molecule has 0 radical (unpaired) electrons. The number of benzene rings is 4. The molecule has 12 heteroatoms. The molecule has 6 rings (SSSR count). The Morgan fingerprint density at radius 1 is 0.650 bits per heavy atom. The minimum absolute atomic E-state index is 0.125. The molecule has 2 N–H and O–H groups in total. The summed E-state index contributed by atoms with van der Waals surface area (Å²) >= 11 is 17.9. The van der Waals surface area contributed by atoms with Gasteiger partial charge in [-0.25, -0.2) is 9.97 Å². The van der Waals surface area contributed by atoms with Crippen molar-refractivity contribution in [3.63, 3.8) is 0 Å². The number of rotatable bonds is 8. The van der Waals surface area contributed by atoms with Crippen LogP contribution in [-0.2, 0) is 9.59 Å². The molecule has 0 aliphatic heterocycles. The molecule has 2 amide bonds. The van der Waals surface area contributed by atoms with E-state index in [0.29, 0.717) is 21.4 Å². The summed E-state index contributed by atoms with van der Waals surface area (Å²) in [6.07, 6.45) is 0. The molecule has 2 heterocycles. The maximum absolute atomic E-state index is 12.6. The first-order valence-electron chi connectivity index (χ1n) is 11.9. The topological polar surface area (TPSA) is 84.0 Å². The van der Waals surface area contributed by atoms with Crippen molar-refractivity contribution in [1.82, 2.24) is 9.97 Å². The molecule has 40 heavy (non-hydrogen) atoms. The van der Waals surface area contributed by atoms with E-state index < -0.39 is 0 Å². The van der Waals surface area contributed by atoms with Gasteiger partial charge in [-0.15, -0.1) is 22.7 Å². The molecule has 200 valence electrons. The zero-order chi connectivity index (χ0) is 27.6. The van der Waals surface area contributed by atoms with Gasteiger partial charge in [-0.1, -0.05) is 58.9 Å². The summed E-state index contributed by atoms with van der Waals surface area (Å²) in [4.78, 5) is 34.3. The Labute approximate surface area is 255 Å². The van der Waals surface area contributed by atoms with Crippen molar-refractivity contribution >= 4 is 124 Å². The van der Waals surface area contributed by atoms with E-state index in [1.54, 1.807) is 0 Å². The monoisotopic (exact) mass is 640 g/mol. The average molecular weight is 642 g/mol. The Morgan fingerprint density at radius 2 is 1.12 bits per heavy atom. The van der Waals surface area contributed by atoms with Gasteiger partial charge in [0.1, 0.15) is 0 Å². The Hall–Kier alpha value is -2.86. The summed E-state index contributed by atoms with van der Waals surface area (Å²) < 4.78 is 3.70. The van der Waals surface area contributed by atoms with Gasteiger partial charge in [0, 0.05) is 21.4 Å². The van der Waals surface area contributed by atoms with Gasteiger partial charge in [0.15, 0.2) is 8.68 Å². The van der Waals surface area contributed by atoms with Gasteiger partial charge in [-0.3, -0.25) is 9.59 Å². The lowest BCUT2D eigenvalue weighted by Gasteiger charge is -2.09. The first kappa shape index (κ1) is 27.3. The number of carbonyl (C=O) groups is 2. The fourth-order valence-electron chi connectivity index (χ4n) is 3.93.